The zero-order chi connectivity index (χ0) is 14.5. The Bertz CT molecular complexity index is 432. The molecule has 19 heavy (non-hydrogen) atoms. The van der Waals surface area contributed by atoms with Crippen LogP contribution in [0.3, 0.4) is 0 Å². The van der Waals surface area contributed by atoms with Gasteiger partial charge in [-0.15, -0.1) is 0 Å². The van der Waals surface area contributed by atoms with Crippen LogP contribution in [-0.2, 0) is 24.3 Å². The summed E-state index contributed by atoms with van der Waals surface area (Å²) in [5, 5.41) is 0. The molecule has 8 heteroatoms. The molecule has 0 aromatic rings. The summed E-state index contributed by atoms with van der Waals surface area (Å²) in [5.41, 5.74) is 0. The predicted octanol–water partition coefficient (Wildman–Crippen LogP) is -0.566. The van der Waals surface area contributed by atoms with Crippen molar-refractivity contribution in [3.05, 3.63) is 0 Å². The number of nitrogens with zero attached hydrogens (tertiary/aromatic N) is 2. The lowest BCUT2D eigenvalue weighted by atomic mass is 10.3. The van der Waals surface area contributed by atoms with Crippen LogP contribution >= 0.6 is 0 Å². The summed E-state index contributed by atoms with van der Waals surface area (Å²) < 4.78 is 29.0. The minimum Gasteiger partial charge on any atom is -0.465 e. The van der Waals surface area contributed by atoms with Gasteiger partial charge < -0.3 is 9.64 Å². The highest BCUT2D eigenvalue weighted by Gasteiger charge is 2.30. The first-order valence-electron chi connectivity index (χ1n) is 6.16. The molecule has 0 N–H and O–H groups in total. The lowest BCUT2D eigenvalue weighted by molar-refractivity contribution is -0.144. The molecule has 1 rings (SSSR count). The number of hydrogen-bond acceptors (Lipinski definition) is 5. The van der Waals surface area contributed by atoms with Crippen molar-refractivity contribution in [3.63, 3.8) is 0 Å². The Balaban J connectivity index is 2.20. The quantitative estimate of drug-likeness (QED) is 0.484. The SMILES string of the molecule is CN(C)C(=O)CCCOC(=O)CN1CCCS1(=O)=O. The van der Waals surface area contributed by atoms with Crippen LogP contribution in [0.5, 0.6) is 0 Å². The van der Waals surface area contributed by atoms with Crippen LogP contribution in [0.15, 0.2) is 0 Å². The largest absolute Gasteiger partial charge is 0.465 e. The van der Waals surface area contributed by atoms with Crippen molar-refractivity contribution in [3.8, 4) is 0 Å². The Morgan fingerprint density at radius 3 is 2.53 bits per heavy atom. The number of sulfonamides is 1. The normalized spacial score (nSPS) is 18.2. The van der Waals surface area contributed by atoms with Gasteiger partial charge in [0.25, 0.3) is 0 Å². The molecule has 1 saturated heterocycles. The Kier molecular flexibility index (Phi) is 5.74. The Labute approximate surface area is 113 Å². The number of esters is 1. The molecule has 0 aromatic heterocycles. The molecule has 110 valence electrons. The Morgan fingerprint density at radius 1 is 1.32 bits per heavy atom. The van der Waals surface area contributed by atoms with Gasteiger partial charge in [0.15, 0.2) is 0 Å². The van der Waals surface area contributed by atoms with Crippen molar-refractivity contribution in [2.45, 2.75) is 19.3 Å². The molecule has 7 nitrogen and oxygen atoms in total. The second-order valence-corrected chi connectivity index (χ2v) is 6.70. The smallest absolute Gasteiger partial charge is 0.321 e. The van der Waals surface area contributed by atoms with Gasteiger partial charge in [0.05, 0.1) is 12.4 Å². The third-order valence-electron chi connectivity index (χ3n) is 2.81. The summed E-state index contributed by atoms with van der Waals surface area (Å²) in [5.74, 6) is -0.501. The molecular formula is C11H20N2O5S. The van der Waals surface area contributed by atoms with Gasteiger partial charge in [-0.25, -0.2) is 8.42 Å². The Hall–Kier alpha value is -1.15. The number of ether oxygens (including phenoxy) is 1. The molecule has 1 aliphatic rings. The maximum absolute atomic E-state index is 11.5. The minimum atomic E-state index is -3.27. The van der Waals surface area contributed by atoms with Crippen molar-refractivity contribution < 1.29 is 22.7 Å². The van der Waals surface area contributed by atoms with E-state index in [9.17, 15) is 18.0 Å². The molecule has 0 atom stereocenters. The maximum Gasteiger partial charge on any atom is 0.321 e. The summed E-state index contributed by atoms with van der Waals surface area (Å²) in [6.07, 6.45) is 1.30. The monoisotopic (exact) mass is 292 g/mol. The molecule has 0 radical (unpaired) electrons. The van der Waals surface area contributed by atoms with Crippen molar-refractivity contribution in [2.24, 2.45) is 0 Å². The summed E-state index contributed by atoms with van der Waals surface area (Å²) in [6.45, 7) is 0.271. The van der Waals surface area contributed by atoms with Crippen LogP contribution in [0, 0.1) is 0 Å². The molecule has 0 aromatic carbocycles. The van der Waals surface area contributed by atoms with Crippen LogP contribution in [0.1, 0.15) is 19.3 Å². The second kappa shape index (κ2) is 6.85. The molecular weight excluding hydrogens is 272 g/mol. The van der Waals surface area contributed by atoms with Crippen LogP contribution < -0.4 is 0 Å². The second-order valence-electron chi connectivity index (χ2n) is 4.62. The first kappa shape index (κ1) is 15.9. The van der Waals surface area contributed by atoms with E-state index in [1.165, 1.54) is 4.90 Å². The number of rotatable bonds is 6. The number of carbonyl (C=O) groups excluding carboxylic acids is 2. The van der Waals surface area contributed by atoms with Crippen molar-refractivity contribution in [1.29, 1.82) is 0 Å². The van der Waals surface area contributed by atoms with E-state index >= 15 is 0 Å². The van der Waals surface area contributed by atoms with E-state index in [4.69, 9.17) is 4.74 Å². The van der Waals surface area contributed by atoms with E-state index in [1.54, 1.807) is 14.1 Å². The van der Waals surface area contributed by atoms with Gasteiger partial charge in [-0.05, 0) is 12.8 Å². The van der Waals surface area contributed by atoms with Crippen LogP contribution in [0.2, 0.25) is 0 Å². The van der Waals surface area contributed by atoms with Crippen molar-refractivity contribution in [1.82, 2.24) is 9.21 Å². The summed E-state index contributed by atoms with van der Waals surface area (Å²) >= 11 is 0. The van der Waals surface area contributed by atoms with Gasteiger partial charge in [0.1, 0.15) is 6.54 Å². The van der Waals surface area contributed by atoms with Crippen LogP contribution in [-0.4, -0.2) is 69.0 Å². The van der Waals surface area contributed by atoms with E-state index in [0.717, 1.165) is 4.31 Å². The van der Waals surface area contributed by atoms with Gasteiger partial charge in [-0.2, -0.15) is 4.31 Å². The highest BCUT2D eigenvalue weighted by molar-refractivity contribution is 7.89. The predicted molar refractivity (Wildman–Crippen MR) is 68.9 cm³/mol. The zero-order valence-electron chi connectivity index (χ0n) is 11.3. The van der Waals surface area contributed by atoms with Crippen LogP contribution in [0.4, 0.5) is 0 Å². The fourth-order valence-corrected chi connectivity index (χ4v) is 3.15. The maximum atomic E-state index is 11.5. The fourth-order valence-electron chi connectivity index (χ4n) is 1.69. The van der Waals surface area contributed by atoms with E-state index in [-0.39, 0.29) is 24.8 Å². The lowest BCUT2D eigenvalue weighted by Crippen LogP contribution is -2.32. The van der Waals surface area contributed by atoms with E-state index in [1.807, 2.05) is 0 Å². The van der Waals surface area contributed by atoms with Crippen molar-refractivity contribution >= 4 is 21.9 Å². The molecule has 1 amide bonds. The molecule has 0 aliphatic carbocycles. The Morgan fingerprint density at radius 2 is 2.00 bits per heavy atom. The minimum absolute atomic E-state index is 0.0295. The molecule has 1 heterocycles. The third-order valence-corrected chi connectivity index (χ3v) is 4.71. The zero-order valence-corrected chi connectivity index (χ0v) is 12.1. The number of hydrogen-bond donors (Lipinski definition) is 0. The standard InChI is InChI=1S/C11H20N2O5S/c1-12(2)10(14)5-3-7-18-11(15)9-13-6-4-8-19(13,16)17/h3-9H2,1-2H3. The van der Waals surface area contributed by atoms with E-state index < -0.39 is 16.0 Å². The molecule has 0 spiro atoms. The van der Waals surface area contributed by atoms with E-state index in [0.29, 0.717) is 25.8 Å². The fraction of sp³-hybridized carbons (Fsp3) is 0.818. The summed E-state index contributed by atoms with van der Waals surface area (Å²) in [4.78, 5) is 24.2. The topological polar surface area (TPSA) is 84.0 Å². The van der Waals surface area contributed by atoms with Gasteiger partial charge in [-0.1, -0.05) is 0 Å². The van der Waals surface area contributed by atoms with Gasteiger partial charge in [-0.3, -0.25) is 9.59 Å². The van der Waals surface area contributed by atoms with E-state index in [2.05, 4.69) is 0 Å². The molecule has 1 aliphatic heterocycles. The number of amides is 1. The average molecular weight is 292 g/mol. The van der Waals surface area contributed by atoms with Crippen molar-refractivity contribution in [2.75, 3.05) is 39.5 Å². The van der Waals surface area contributed by atoms with Crippen LogP contribution in [0.25, 0.3) is 0 Å². The lowest BCUT2D eigenvalue weighted by Gasteiger charge is -2.13. The highest BCUT2D eigenvalue weighted by Crippen LogP contribution is 2.12. The first-order valence-corrected chi connectivity index (χ1v) is 7.77. The molecule has 0 bridgehead atoms. The number of carbonyl (C=O) groups is 2. The highest BCUT2D eigenvalue weighted by atomic mass is 32.2. The summed E-state index contributed by atoms with van der Waals surface area (Å²) in [6, 6.07) is 0. The molecule has 0 unspecified atom stereocenters. The molecule has 1 fully saturated rings. The average Bonchev–Trinajstić information content (AvgIpc) is 2.64. The first-order chi connectivity index (χ1) is 8.83. The third kappa shape index (κ3) is 5.15. The van der Waals surface area contributed by atoms with Gasteiger partial charge in [0, 0.05) is 27.1 Å². The molecule has 0 saturated carbocycles. The summed E-state index contributed by atoms with van der Waals surface area (Å²) in [7, 11) is 0.0529. The van der Waals surface area contributed by atoms with Gasteiger partial charge >= 0.3 is 5.97 Å². The van der Waals surface area contributed by atoms with Gasteiger partial charge in [0.2, 0.25) is 15.9 Å².